The Kier molecular flexibility index (Phi) is 8.39. The number of imide groups is 1. The second kappa shape index (κ2) is 11.2. The van der Waals surface area contributed by atoms with Crippen molar-refractivity contribution in [2.24, 2.45) is 0 Å². The number of likely N-dealkylation sites (N-methyl/N-ethyl adjacent to an activating group) is 1. The fourth-order valence-corrected chi connectivity index (χ4v) is 4.49. The number of unbranched alkanes of at least 4 members (excludes halogenated alkanes) is 3. The van der Waals surface area contributed by atoms with Crippen LogP contribution in [0.2, 0.25) is 0 Å². The van der Waals surface area contributed by atoms with E-state index in [0.29, 0.717) is 17.4 Å². The molecular formula is C24H34N4O4. The van der Waals surface area contributed by atoms with Crippen LogP contribution >= 0.6 is 0 Å². The highest BCUT2D eigenvalue weighted by molar-refractivity contribution is 6.23. The lowest BCUT2D eigenvalue weighted by Gasteiger charge is -2.36. The number of benzene rings is 1. The van der Waals surface area contributed by atoms with Crippen molar-refractivity contribution in [2.75, 3.05) is 44.7 Å². The monoisotopic (exact) mass is 442 g/mol. The molecule has 1 fully saturated rings. The maximum atomic E-state index is 13.1. The minimum absolute atomic E-state index is 0.0967. The van der Waals surface area contributed by atoms with Gasteiger partial charge in [-0.2, -0.15) is 0 Å². The minimum atomic E-state index is -0.989. The Morgan fingerprint density at radius 3 is 2.44 bits per heavy atom. The van der Waals surface area contributed by atoms with Crippen LogP contribution in [0.15, 0.2) is 18.2 Å². The first kappa shape index (κ1) is 23.9. The van der Waals surface area contributed by atoms with Crippen LogP contribution in [-0.2, 0) is 9.59 Å². The van der Waals surface area contributed by atoms with Gasteiger partial charge in [-0.1, -0.05) is 26.2 Å². The van der Waals surface area contributed by atoms with Crippen molar-refractivity contribution >= 4 is 29.7 Å². The van der Waals surface area contributed by atoms with Gasteiger partial charge in [0.25, 0.3) is 11.8 Å². The van der Waals surface area contributed by atoms with E-state index in [1.807, 2.05) is 6.07 Å². The zero-order chi connectivity index (χ0) is 23.1. The van der Waals surface area contributed by atoms with E-state index in [1.54, 1.807) is 12.1 Å². The fourth-order valence-electron chi connectivity index (χ4n) is 4.49. The van der Waals surface area contributed by atoms with Gasteiger partial charge in [0.15, 0.2) is 0 Å². The highest BCUT2D eigenvalue weighted by Gasteiger charge is 2.42. The molecule has 2 aliphatic heterocycles. The number of amides is 3. The molecule has 1 saturated heterocycles. The summed E-state index contributed by atoms with van der Waals surface area (Å²) in [5.41, 5.74) is 1.56. The van der Waals surface area contributed by atoms with Gasteiger partial charge in [-0.05, 0) is 37.6 Å². The Balaban J connectivity index is 1.68. The molecule has 0 aromatic heterocycles. The topological polar surface area (TPSA) is 90.0 Å². The van der Waals surface area contributed by atoms with E-state index >= 15 is 0 Å². The molecule has 8 nitrogen and oxygen atoms in total. The van der Waals surface area contributed by atoms with Crippen LogP contribution in [0.3, 0.4) is 0 Å². The molecule has 2 aliphatic rings. The van der Waals surface area contributed by atoms with Crippen LogP contribution < -0.4 is 10.2 Å². The molecule has 1 atom stereocenters. The summed E-state index contributed by atoms with van der Waals surface area (Å²) >= 11 is 0. The molecule has 32 heavy (non-hydrogen) atoms. The quantitative estimate of drug-likeness (QED) is 0.321. The summed E-state index contributed by atoms with van der Waals surface area (Å²) in [6.07, 6.45) is 5.94. The lowest BCUT2D eigenvalue weighted by molar-refractivity contribution is -0.124. The Morgan fingerprint density at radius 2 is 1.78 bits per heavy atom. The van der Waals surface area contributed by atoms with E-state index < -0.39 is 23.8 Å². The smallest absolute Gasteiger partial charge is 0.262 e. The normalized spacial score (nSPS) is 17.4. The van der Waals surface area contributed by atoms with Crippen LogP contribution in [0.25, 0.3) is 0 Å². The van der Waals surface area contributed by atoms with Crippen molar-refractivity contribution in [1.29, 1.82) is 0 Å². The van der Waals surface area contributed by atoms with Crippen molar-refractivity contribution in [3.05, 3.63) is 29.3 Å². The molecule has 0 saturated carbocycles. The number of nitrogens with zero attached hydrogens (tertiary/aromatic N) is 3. The third kappa shape index (κ3) is 5.18. The van der Waals surface area contributed by atoms with E-state index in [9.17, 15) is 19.2 Å². The van der Waals surface area contributed by atoms with Gasteiger partial charge in [0.2, 0.25) is 5.91 Å². The third-order valence-corrected chi connectivity index (χ3v) is 6.39. The van der Waals surface area contributed by atoms with Crippen molar-refractivity contribution in [1.82, 2.24) is 15.1 Å². The fraction of sp³-hybridized carbons (Fsp3) is 0.583. The Morgan fingerprint density at radius 1 is 1.06 bits per heavy atom. The first-order chi connectivity index (χ1) is 15.5. The van der Waals surface area contributed by atoms with E-state index in [-0.39, 0.29) is 12.8 Å². The number of carbonyl (C=O) groups is 4. The second-order valence-corrected chi connectivity index (χ2v) is 8.47. The number of aldehydes is 1. The lowest BCUT2D eigenvalue weighted by atomic mass is 10.1. The summed E-state index contributed by atoms with van der Waals surface area (Å²) in [5, 5.41) is 2.49. The number of anilines is 1. The van der Waals surface area contributed by atoms with E-state index in [4.69, 9.17) is 0 Å². The second-order valence-electron chi connectivity index (χ2n) is 8.47. The molecule has 1 N–H and O–H groups in total. The molecule has 3 rings (SSSR count). The van der Waals surface area contributed by atoms with Gasteiger partial charge in [0.05, 0.1) is 11.1 Å². The van der Waals surface area contributed by atoms with Gasteiger partial charge in [-0.25, -0.2) is 0 Å². The first-order valence-corrected chi connectivity index (χ1v) is 11.7. The van der Waals surface area contributed by atoms with Crippen LogP contribution in [0.4, 0.5) is 5.69 Å². The zero-order valence-electron chi connectivity index (χ0n) is 19.1. The van der Waals surface area contributed by atoms with Gasteiger partial charge in [-0.3, -0.25) is 24.2 Å². The summed E-state index contributed by atoms with van der Waals surface area (Å²) in [5.74, 6) is -1.40. The largest absolute Gasteiger partial charge is 0.369 e. The van der Waals surface area contributed by atoms with E-state index in [2.05, 4.69) is 22.0 Å². The third-order valence-electron chi connectivity index (χ3n) is 6.39. The molecule has 0 bridgehead atoms. The van der Waals surface area contributed by atoms with Crippen LogP contribution in [0.5, 0.6) is 0 Å². The standard InChI is InChI=1S/C24H34N4O4/c1-3-4-5-6-11-26-12-14-27(15-13-26)18-9-10-19-20(17-18)24(32)28(23(19)31)21(8-7-16-29)22(30)25-2/h9-10,16-17,21H,3-8,11-15H2,1-2H3,(H,25,30). The number of piperazine rings is 1. The molecule has 1 aromatic rings. The molecule has 1 unspecified atom stereocenters. The summed E-state index contributed by atoms with van der Waals surface area (Å²) in [7, 11) is 1.45. The molecular weight excluding hydrogens is 408 g/mol. The number of hydrogen-bond acceptors (Lipinski definition) is 6. The number of hydrogen-bond donors (Lipinski definition) is 1. The number of carbonyl (C=O) groups excluding carboxylic acids is 4. The Bertz CT molecular complexity index is 848. The molecule has 0 radical (unpaired) electrons. The van der Waals surface area contributed by atoms with Crippen LogP contribution in [0.1, 0.15) is 66.2 Å². The van der Waals surface area contributed by atoms with Gasteiger partial charge in [0.1, 0.15) is 12.3 Å². The summed E-state index contributed by atoms with van der Waals surface area (Å²) in [6, 6.07) is 4.35. The van der Waals surface area contributed by atoms with Crippen molar-refractivity contribution in [3.63, 3.8) is 0 Å². The maximum Gasteiger partial charge on any atom is 0.262 e. The number of nitrogens with one attached hydrogen (secondary N) is 1. The SMILES string of the molecule is CCCCCCN1CCN(c2ccc3c(c2)C(=O)N(C(CCC=O)C(=O)NC)C3=O)CC1. The predicted octanol–water partition coefficient (Wildman–Crippen LogP) is 2.08. The van der Waals surface area contributed by atoms with Gasteiger partial charge in [0, 0.05) is 45.3 Å². The van der Waals surface area contributed by atoms with Crippen LogP contribution in [0, 0.1) is 0 Å². The predicted molar refractivity (Wildman–Crippen MR) is 123 cm³/mol. The summed E-state index contributed by atoms with van der Waals surface area (Å²) in [4.78, 5) is 54.9. The molecule has 174 valence electrons. The molecule has 0 aliphatic carbocycles. The van der Waals surface area contributed by atoms with E-state index in [1.165, 1.54) is 32.7 Å². The molecule has 3 amide bonds. The highest BCUT2D eigenvalue weighted by Crippen LogP contribution is 2.30. The van der Waals surface area contributed by atoms with Gasteiger partial charge >= 0.3 is 0 Å². The van der Waals surface area contributed by atoms with Crippen molar-refractivity contribution in [2.45, 2.75) is 51.5 Å². The zero-order valence-corrected chi connectivity index (χ0v) is 19.1. The highest BCUT2D eigenvalue weighted by atomic mass is 16.2. The van der Waals surface area contributed by atoms with Crippen molar-refractivity contribution < 1.29 is 19.2 Å². The van der Waals surface area contributed by atoms with Crippen molar-refractivity contribution in [3.8, 4) is 0 Å². The number of fused-ring (bicyclic) bond motifs is 1. The lowest BCUT2D eigenvalue weighted by Crippen LogP contribution is -2.48. The Hall–Kier alpha value is -2.74. The summed E-state index contributed by atoms with van der Waals surface area (Å²) in [6.45, 7) is 7.05. The first-order valence-electron chi connectivity index (χ1n) is 11.7. The summed E-state index contributed by atoms with van der Waals surface area (Å²) < 4.78 is 0. The van der Waals surface area contributed by atoms with E-state index in [0.717, 1.165) is 43.3 Å². The minimum Gasteiger partial charge on any atom is -0.369 e. The average Bonchev–Trinajstić information content (AvgIpc) is 3.07. The van der Waals surface area contributed by atoms with Crippen LogP contribution in [-0.4, -0.2) is 79.6 Å². The molecule has 2 heterocycles. The maximum absolute atomic E-state index is 13.1. The molecule has 8 heteroatoms. The molecule has 0 spiro atoms. The number of rotatable bonds is 11. The van der Waals surface area contributed by atoms with Gasteiger partial charge in [-0.15, -0.1) is 0 Å². The average molecular weight is 443 g/mol. The van der Waals surface area contributed by atoms with Gasteiger partial charge < -0.3 is 15.0 Å². The molecule has 1 aromatic carbocycles. The Labute approximate surface area is 189 Å².